The fourth-order valence-corrected chi connectivity index (χ4v) is 3.50. The molecule has 1 aromatic heterocycles. The molecule has 0 spiro atoms. The Morgan fingerprint density at radius 2 is 1.89 bits per heavy atom. The topological polar surface area (TPSA) is 60.3 Å². The molecule has 140 valence electrons. The van der Waals surface area contributed by atoms with E-state index in [0.29, 0.717) is 16.3 Å². The summed E-state index contributed by atoms with van der Waals surface area (Å²) in [6, 6.07) is 7.87. The molecule has 1 aliphatic heterocycles. The number of carbonyl (C=O) groups is 2. The SMILES string of the molecule is COC(=O)C1=C(C)NC(=O)C1=Cc1cc(C)n(-c2ccc(C)c(Cl)c2)c1C. The van der Waals surface area contributed by atoms with Crippen molar-refractivity contribution in [1.29, 1.82) is 0 Å². The smallest absolute Gasteiger partial charge is 0.340 e. The van der Waals surface area contributed by atoms with E-state index in [-0.39, 0.29) is 11.5 Å². The third kappa shape index (κ3) is 3.30. The highest BCUT2D eigenvalue weighted by atomic mass is 35.5. The van der Waals surface area contributed by atoms with E-state index >= 15 is 0 Å². The molecule has 0 bridgehead atoms. The molecule has 1 aliphatic rings. The molecule has 0 atom stereocenters. The van der Waals surface area contributed by atoms with Crippen LogP contribution in [-0.2, 0) is 14.3 Å². The lowest BCUT2D eigenvalue weighted by Gasteiger charge is -2.11. The molecule has 27 heavy (non-hydrogen) atoms. The number of aryl methyl sites for hydroxylation is 2. The summed E-state index contributed by atoms with van der Waals surface area (Å²) in [5.74, 6) is -0.840. The molecule has 1 aromatic carbocycles. The summed E-state index contributed by atoms with van der Waals surface area (Å²) in [7, 11) is 1.30. The number of allylic oxidation sites excluding steroid dienone is 1. The minimum atomic E-state index is -0.531. The summed E-state index contributed by atoms with van der Waals surface area (Å²) in [5.41, 5.74) is 5.83. The van der Waals surface area contributed by atoms with E-state index < -0.39 is 5.97 Å². The number of esters is 1. The lowest BCUT2D eigenvalue weighted by atomic mass is 10.0. The number of amides is 1. The van der Waals surface area contributed by atoms with Crippen LogP contribution in [0.4, 0.5) is 0 Å². The second kappa shape index (κ2) is 7.08. The highest BCUT2D eigenvalue weighted by molar-refractivity contribution is 6.31. The molecule has 3 rings (SSSR count). The van der Waals surface area contributed by atoms with Gasteiger partial charge >= 0.3 is 5.97 Å². The van der Waals surface area contributed by atoms with Crippen LogP contribution in [0, 0.1) is 20.8 Å². The first-order valence-corrected chi connectivity index (χ1v) is 8.90. The second-order valence-electron chi connectivity index (χ2n) is 6.60. The Kier molecular flexibility index (Phi) is 4.98. The van der Waals surface area contributed by atoms with Crippen LogP contribution in [0.25, 0.3) is 11.8 Å². The number of hydrogen-bond donors (Lipinski definition) is 1. The first-order chi connectivity index (χ1) is 12.7. The van der Waals surface area contributed by atoms with E-state index in [2.05, 4.69) is 9.88 Å². The molecular weight excluding hydrogens is 364 g/mol. The Morgan fingerprint density at radius 3 is 2.52 bits per heavy atom. The van der Waals surface area contributed by atoms with Crippen molar-refractivity contribution in [3.63, 3.8) is 0 Å². The van der Waals surface area contributed by atoms with Crippen LogP contribution in [-0.4, -0.2) is 23.6 Å². The summed E-state index contributed by atoms with van der Waals surface area (Å²) in [6.07, 6.45) is 1.73. The van der Waals surface area contributed by atoms with Gasteiger partial charge in [-0.15, -0.1) is 0 Å². The fraction of sp³-hybridized carbons (Fsp3) is 0.238. The fourth-order valence-electron chi connectivity index (χ4n) is 3.33. The summed E-state index contributed by atoms with van der Waals surface area (Å²) < 4.78 is 6.89. The van der Waals surface area contributed by atoms with Gasteiger partial charge in [0.25, 0.3) is 5.91 Å². The molecule has 6 heteroatoms. The van der Waals surface area contributed by atoms with E-state index in [1.54, 1.807) is 13.0 Å². The average Bonchev–Trinajstić information content (AvgIpc) is 3.05. The third-order valence-corrected chi connectivity index (χ3v) is 5.17. The van der Waals surface area contributed by atoms with Crippen molar-refractivity contribution in [3.8, 4) is 5.69 Å². The second-order valence-corrected chi connectivity index (χ2v) is 7.01. The summed E-state index contributed by atoms with van der Waals surface area (Å²) in [5, 5.41) is 3.38. The standard InChI is InChI=1S/C21H21ClN2O3/c1-11-6-7-16(10-18(11)22)24-12(2)8-15(14(24)4)9-17-19(21(26)27-5)13(3)23-20(17)25/h6-10H,1-5H3,(H,23,25). The van der Waals surface area contributed by atoms with E-state index in [1.165, 1.54) is 7.11 Å². The predicted molar refractivity (Wildman–Crippen MR) is 106 cm³/mol. The van der Waals surface area contributed by atoms with Gasteiger partial charge in [-0.2, -0.15) is 0 Å². The monoisotopic (exact) mass is 384 g/mol. The predicted octanol–water partition coefficient (Wildman–Crippen LogP) is 4.02. The van der Waals surface area contributed by atoms with Gasteiger partial charge in [0.05, 0.1) is 18.3 Å². The first kappa shape index (κ1) is 19.0. The zero-order chi connectivity index (χ0) is 19.9. The van der Waals surface area contributed by atoms with Gasteiger partial charge in [-0.25, -0.2) is 4.79 Å². The van der Waals surface area contributed by atoms with Crippen molar-refractivity contribution < 1.29 is 14.3 Å². The quantitative estimate of drug-likeness (QED) is 0.642. The molecular formula is C21H21ClN2O3. The van der Waals surface area contributed by atoms with E-state index in [0.717, 1.165) is 28.2 Å². The number of nitrogens with one attached hydrogen (secondary N) is 1. The number of hydrogen-bond acceptors (Lipinski definition) is 3. The number of carbonyl (C=O) groups excluding carboxylic acids is 2. The van der Waals surface area contributed by atoms with Crippen molar-refractivity contribution in [2.45, 2.75) is 27.7 Å². The number of halogens is 1. The van der Waals surface area contributed by atoms with Gasteiger partial charge in [0.2, 0.25) is 0 Å². The summed E-state index contributed by atoms with van der Waals surface area (Å²) >= 11 is 6.28. The Morgan fingerprint density at radius 1 is 1.19 bits per heavy atom. The maximum absolute atomic E-state index is 12.3. The number of aromatic nitrogens is 1. The van der Waals surface area contributed by atoms with Crippen LogP contribution < -0.4 is 5.32 Å². The van der Waals surface area contributed by atoms with Crippen molar-refractivity contribution in [2.24, 2.45) is 0 Å². The van der Waals surface area contributed by atoms with Gasteiger partial charge < -0.3 is 14.6 Å². The molecule has 0 saturated carbocycles. The van der Waals surface area contributed by atoms with Gasteiger partial charge in [-0.1, -0.05) is 17.7 Å². The Hall–Kier alpha value is -2.79. The molecule has 0 saturated heterocycles. The Balaban J connectivity index is 2.11. The Bertz CT molecular complexity index is 1030. The van der Waals surface area contributed by atoms with E-state index in [1.807, 2.05) is 45.0 Å². The maximum Gasteiger partial charge on any atom is 0.340 e. The van der Waals surface area contributed by atoms with Crippen LogP contribution >= 0.6 is 11.6 Å². The zero-order valence-corrected chi connectivity index (χ0v) is 16.7. The number of nitrogens with zero attached hydrogens (tertiary/aromatic N) is 1. The molecule has 1 amide bonds. The lowest BCUT2D eigenvalue weighted by molar-refractivity contribution is -0.136. The minimum absolute atomic E-state index is 0.269. The summed E-state index contributed by atoms with van der Waals surface area (Å²) in [4.78, 5) is 24.4. The number of rotatable bonds is 3. The van der Waals surface area contributed by atoms with Gasteiger partial charge in [0, 0.05) is 27.8 Å². The largest absolute Gasteiger partial charge is 0.465 e. The van der Waals surface area contributed by atoms with Crippen molar-refractivity contribution >= 4 is 29.6 Å². The van der Waals surface area contributed by atoms with Crippen molar-refractivity contribution in [2.75, 3.05) is 7.11 Å². The molecule has 2 heterocycles. The highest BCUT2D eigenvalue weighted by Crippen LogP contribution is 2.29. The molecule has 0 unspecified atom stereocenters. The first-order valence-electron chi connectivity index (χ1n) is 8.52. The third-order valence-electron chi connectivity index (χ3n) is 4.76. The van der Waals surface area contributed by atoms with Gasteiger partial charge in [0.15, 0.2) is 0 Å². The van der Waals surface area contributed by atoms with Crippen molar-refractivity contribution in [1.82, 2.24) is 9.88 Å². The van der Waals surface area contributed by atoms with Crippen LogP contribution in [0.2, 0.25) is 5.02 Å². The van der Waals surface area contributed by atoms with Gasteiger partial charge in [-0.3, -0.25) is 4.79 Å². The molecule has 0 radical (unpaired) electrons. The van der Waals surface area contributed by atoms with Crippen LogP contribution in [0.5, 0.6) is 0 Å². The molecule has 1 N–H and O–H groups in total. The van der Waals surface area contributed by atoms with Gasteiger partial charge in [-0.05, 0) is 63.1 Å². The normalized spacial score (nSPS) is 15.5. The zero-order valence-electron chi connectivity index (χ0n) is 15.9. The molecule has 0 aliphatic carbocycles. The van der Waals surface area contributed by atoms with Crippen LogP contribution in [0.3, 0.4) is 0 Å². The highest BCUT2D eigenvalue weighted by Gasteiger charge is 2.31. The molecule has 0 fully saturated rings. The van der Waals surface area contributed by atoms with E-state index in [4.69, 9.17) is 16.3 Å². The number of benzene rings is 1. The molecule has 2 aromatic rings. The Labute approximate surface area is 163 Å². The number of methoxy groups -OCH3 is 1. The van der Waals surface area contributed by atoms with Crippen molar-refractivity contribution in [3.05, 3.63) is 68.6 Å². The van der Waals surface area contributed by atoms with Crippen LogP contribution in [0.1, 0.15) is 29.4 Å². The summed E-state index contributed by atoms with van der Waals surface area (Å²) in [6.45, 7) is 7.59. The van der Waals surface area contributed by atoms with Gasteiger partial charge in [0.1, 0.15) is 0 Å². The lowest BCUT2D eigenvalue weighted by Crippen LogP contribution is -2.15. The average molecular weight is 385 g/mol. The maximum atomic E-state index is 12.3. The van der Waals surface area contributed by atoms with Crippen LogP contribution in [0.15, 0.2) is 41.1 Å². The molecule has 5 nitrogen and oxygen atoms in total. The minimum Gasteiger partial charge on any atom is -0.465 e. The number of ether oxygens (including phenoxy) is 1. The van der Waals surface area contributed by atoms with E-state index in [9.17, 15) is 9.59 Å².